The summed E-state index contributed by atoms with van der Waals surface area (Å²) in [6.07, 6.45) is 3.57. The van der Waals surface area contributed by atoms with Crippen molar-refractivity contribution in [2.24, 2.45) is 0 Å². The lowest BCUT2D eigenvalue weighted by Crippen LogP contribution is -2.23. The Hall–Kier alpha value is -2.14. The highest BCUT2D eigenvalue weighted by Crippen LogP contribution is 2.20. The van der Waals surface area contributed by atoms with Crippen LogP contribution in [0.1, 0.15) is 33.9 Å². The molecule has 0 aliphatic carbocycles. The van der Waals surface area contributed by atoms with E-state index in [1.54, 1.807) is 0 Å². The van der Waals surface area contributed by atoms with Gasteiger partial charge in [-0.05, 0) is 30.5 Å². The number of carbonyl (C=O) groups excluding carboxylic acids is 1. The minimum absolute atomic E-state index is 0.225. The van der Waals surface area contributed by atoms with Gasteiger partial charge in [0.15, 0.2) is 5.69 Å². The predicted octanol–water partition coefficient (Wildman–Crippen LogP) is 2.41. The van der Waals surface area contributed by atoms with Crippen molar-refractivity contribution in [3.05, 3.63) is 53.2 Å². The van der Waals surface area contributed by atoms with E-state index in [9.17, 15) is 4.79 Å². The Morgan fingerprint density at radius 1 is 1.38 bits per heavy atom. The number of oxazole rings is 1. The molecule has 2 heterocycles. The number of fused-ring (bicyclic) bond motifs is 1. The summed E-state index contributed by atoms with van der Waals surface area (Å²) in [5.41, 5.74) is 3.00. The molecule has 0 saturated carbocycles. The lowest BCUT2D eigenvalue weighted by Gasteiger charge is -2.18. The molecule has 1 aromatic heterocycles. The van der Waals surface area contributed by atoms with Crippen LogP contribution in [0.15, 0.2) is 34.9 Å². The predicted molar refractivity (Wildman–Crippen MR) is 76.7 cm³/mol. The number of aromatic nitrogens is 1. The van der Waals surface area contributed by atoms with Gasteiger partial charge in [0.2, 0.25) is 5.89 Å². The number of aryl methyl sites for hydroxylation is 1. The number of methoxy groups -OCH3 is 1. The zero-order valence-electron chi connectivity index (χ0n) is 12.0. The van der Waals surface area contributed by atoms with Crippen molar-refractivity contribution in [1.29, 1.82) is 0 Å². The normalized spacial score (nSPS) is 15.3. The van der Waals surface area contributed by atoms with Crippen LogP contribution in [0.25, 0.3) is 0 Å². The molecular formula is C16H18N2O3. The van der Waals surface area contributed by atoms with Gasteiger partial charge in [0.25, 0.3) is 0 Å². The molecule has 110 valence electrons. The van der Waals surface area contributed by atoms with E-state index in [1.807, 2.05) is 0 Å². The Balaban J connectivity index is 1.70. The van der Waals surface area contributed by atoms with E-state index < -0.39 is 5.97 Å². The topological polar surface area (TPSA) is 55.6 Å². The summed E-state index contributed by atoms with van der Waals surface area (Å²) in [5.74, 6) is 0.0843. The van der Waals surface area contributed by atoms with Crippen molar-refractivity contribution < 1.29 is 13.9 Å². The Bertz CT molecular complexity index is 636. The number of nitrogens with zero attached hydrogens (tertiary/aromatic N) is 2. The molecule has 1 aliphatic heterocycles. The molecule has 0 saturated heterocycles. The van der Waals surface area contributed by atoms with Crippen molar-refractivity contribution in [2.75, 3.05) is 13.7 Å². The monoisotopic (exact) mass is 286 g/mol. The van der Waals surface area contributed by atoms with Gasteiger partial charge in [0.05, 0.1) is 13.7 Å². The van der Waals surface area contributed by atoms with Gasteiger partial charge < -0.3 is 9.15 Å². The van der Waals surface area contributed by atoms with Gasteiger partial charge in [-0.1, -0.05) is 24.3 Å². The summed E-state index contributed by atoms with van der Waals surface area (Å²) in [6, 6.07) is 8.52. The van der Waals surface area contributed by atoms with Gasteiger partial charge in [-0.2, -0.15) is 0 Å². The van der Waals surface area contributed by atoms with Crippen LogP contribution in [0, 0.1) is 0 Å². The van der Waals surface area contributed by atoms with Gasteiger partial charge in [0, 0.05) is 6.54 Å². The van der Waals surface area contributed by atoms with E-state index in [0.717, 1.165) is 25.9 Å². The SMILES string of the molecule is COC(=O)c1coc(CN2CCCc3ccccc3C2)n1. The molecule has 1 aliphatic rings. The Kier molecular flexibility index (Phi) is 4.01. The Morgan fingerprint density at radius 2 is 2.19 bits per heavy atom. The first-order chi connectivity index (χ1) is 10.3. The maximum absolute atomic E-state index is 11.4. The largest absolute Gasteiger partial charge is 0.464 e. The van der Waals surface area contributed by atoms with Crippen molar-refractivity contribution in [2.45, 2.75) is 25.9 Å². The first-order valence-electron chi connectivity index (χ1n) is 7.08. The van der Waals surface area contributed by atoms with Crippen molar-refractivity contribution in [1.82, 2.24) is 9.88 Å². The van der Waals surface area contributed by atoms with Crippen LogP contribution >= 0.6 is 0 Å². The number of benzene rings is 1. The van der Waals surface area contributed by atoms with Gasteiger partial charge in [0.1, 0.15) is 6.26 Å². The molecule has 0 amide bonds. The van der Waals surface area contributed by atoms with E-state index in [4.69, 9.17) is 4.42 Å². The van der Waals surface area contributed by atoms with E-state index in [2.05, 4.69) is 38.9 Å². The van der Waals surface area contributed by atoms with E-state index in [-0.39, 0.29) is 5.69 Å². The number of ether oxygens (including phenoxy) is 1. The Morgan fingerprint density at radius 3 is 3.00 bits per heavy atom. The summed E-state index contributed by atoms with van der Waals surface area (Å²) in [5, 5.41) is 0. The number of carbonyl (C=O) groups is 1. The molecule has 5 heteroatoms. The molecular weight excluding hydrogens is 268 g/mol. The summed E-state index contributed by atoms with van der Waals surface area (Å²) >= 11 is 0. The van der Waals surface area contributed by atoms with Crippen LogP contribution in [0.3, 0.4) is 0 Å². The van der Waals surface area contributed by atoms with Crippen LogP contribution in [0.2, 0.25) is 0 Å². The molecule has 0 radical (unpaired) electrons. The lowest BCUT2D eigenvalue weighted by molar-refractivity contribution is 0.0594. The minimum atomic E-state index is -0.466. The van der Waals surface area contributed by atoms with Crippen molar-refractivity contribution >= 4 is 5.97 Å². The Labute approximate surface area is 123 Å². The first kappa shape index (κ1) is 13.8. The van der Waals surface area contributed by atoms with Crippen molar-refractivity contribution in [3.63, 3.8) is 0 Å². The molecule has 0 spiro atoms. The second kappa shape index (κ2) is 6.10. The number of hydrogen-bond acceptors (Lipinski definition) is 5. The second-order valence-corrected chi connectivity index (χ2v) is 5.20. The highest BCUT2D eigenvalue weighted by Gasteiger charge is 2.18. The molecule has 0 N–H and O–H groups in total. The van der Waals surface area contributed by atoms with E-state index in [1.165, 1.54) is 24.5 Å². The maximum Gasteiger partial charge on any atom is 0.360 e. The average Bonchev–Trinajstić information content (AvgIpc) is 2.86. The molecule has 5 nitrogen and oxygen atoms in total. The molecule has 2 aromatic rings. The van der Waals surface area contributed by atoms with Crippen LogP contribution < -0.4 is 0 Å². The van der Waals surface area contributed by atoms with E-state index in [0.29, 0.717) is 12.4 Å². The van der Waals surface area contributed by atoms with Gasteiger partial charge in [-0.25, -0.2) is 9.78 Å². The fourth-order valence-electron chi connectivity index (χ4n) is 2.68. The molecule has 1 aromatic carbocycles. The smallest absolute Gasteiger partial charge is 0.360 e. The number of hydrogen-bond donors (Lipinski definition) is 0. The summed E-state index contributed by atoms with van der Waals surface area (Å²) < 4.78 is 10.00. The molecule has 21 heavy (non-hydrogen) atoms. The standard InChI is InChI=1S/C16H18N2O3/c1-20-16(19)14-11-21-15(17-14)10-18-8-4-7-12-5-2-3-6-13(12)9-18/h2-3,5-6,11H,4,7-10H2,1H3. The van der Waals surface area contributed by atoms with Crippen LogP contribution in [-0.2, 0) is 24.2 Å². The zero-order chi connectivity index (χ0) is 14.7. The molecule has 3 rings (SSSR count). The van der Waals surface area contributed by atoms with Gasteiger partial charge in [-0.15, -0.1) is 0 Å². The molecule has 0 atom stereocenters. The van der Waals surface area contributed by atoms with Crippen LogP contribution in [0.5, 0.6) is 0 Å². The fourth-order valence-corrected chi connectivity index (χ4v) is 2.68. The zero-order valence-corrected chi connectivity index (χ0v) is 12.0. The third-order valence-corrected chi connectivity index (χ3v) is 3.74. The molecule has 0 fully saturated rings. The summed E-state index contributed by atoms with van der Waals surface area (Å²) in [7, 11) is 1.34. The number of esters is 1. The molecule has 0 unspecified atom stereocenters. The maximum atomic E-state index is 11.4. The fraction of sp³-hybridized carbons (Fsp3) is 0.375. The van der Waals surface area contributed by atoms with Crippen LogP contribution in [-0.4, -0.2) is 29.5 Å². The van der Waals surface area contributed by atoms with Gasteiger partial charge >= 0.3 is 5.97 Å². The van der Waals surface area contributed by atoms with Crippen LogP contribution in [0.4, 0.5) is 0 Å². The third kappa shape index (κ3) is 3.13. The minimum Gasteiger partial charge on any atom is -0.464 e. The van der Waals surface area contributed by atoms with Crippen molar-refractivity contribution in [3.8, 4) is 0 Å². The van der Waals surface area contributed by atoms with Gasteiger partial charge in [-0.3, -0.25) is 4.90 Å². The lowest BCUT2D eigenvalue weighted by atomic mass is 10.0. The molecule has 0 bridgehead atoms. The van der Waals surface area contributed by atoms with E-state index >= 15 is 0 Å². The highest BCUT2D eigenvalue weighted by molar-refractivity contribution is 5.86. The summed E-state index contributed by atoms with van der Waals surface area (Å²) in [4.78, 5) is 17.8. The average molecular weight is 286 g/mol. The first-order valence-corrected chi connectivity index (χ1v) is 7.08. The second-order valence-electron chi connectivity index (χ2n) is 5.20. The third-order valence-electron chi connectivity index (χ3n) is 3.74. The number of rotatable bonds is 3. The highest BCUT2D eigenvalue weighted by atomic mass is 16.5. The quantitative estimate of drug-likeness (QED) is 0.811. The summed E-state index contributed by atoms with van der Waals surface area (Å²) in [6.45, 7) is 2.47.